The van der Waals surface area contributed by atoms with Gasteiger partial charge in [-0.1, -0.05) is 18.2 Å². The normalized spacial score (nSPS) is 11.5. The summed E-state index contributed by atoms with van der Waals surface area (Å²) in [4.78, 5) is 4.37. The summed E-state index contributed by atoms with van der Waals surface area (Å²) in [5.41, 5.74) is 2.74. The van der Waals surface area contributed by atoms with E-state index in [0.717, 1.165) is 13.1 Å². The van der Waals surface area contributed by atoms with Gasteiger partial charge < -0.3 is 22.2 Å². The summed E-state index contributed by atoms with van der Waals surface area (Å²) in [5, 5.41) is 1.37. The third kappa shape index (κ3) is 5.54. The maximum Gasteiger partial charge on any atom is 0.120 e. The van der Waals surface area contributed by atoms with Crippen LogP contribution >= 0.6 is 19.2 Å². The minimum Gasteiger partial charge on any atom is -1.00 e. The van der Waals surface area contributed by atoms with Crippen LogP contribution in [0.5, 0.6) is 0 Å². The molecule has 0 aliphatic heterocycles. The van der Waals surface area contributed by atoms with Crippen molar-refractivity contribution < 1.29 is 12.4 Å². The highest BCUT2D eigenvalue weighted by Gasteiger charge is 2.13. The summed E-state index contributed by atoms with van der Waals surface area (Å²) in [6.07, 6.45) is 0. The van der Waals surface area contributed by atoms with E-state index in [4.69, 9.17) is 11.2 Å². The lowest BCUT2D eigenvalue weighted by Gasteiger charge is -2.15. The van der Waals surface area contributed by atoms with Crippen LogP contribution < -0.4 is 17.7 Å². The van der Waals surface area contributed by atoms with Crippen molar-refractivity contribution in [1.29, 1.82) is 0 Å². The third-order valence-electron chi connectivity index (χ3n) is 2.37. The Morgan fingerprint density at radius 2 is 1.41 bits per heavy atom. The van der Waals surface area contributed by atoms with E-state index in [9.17, 15) is 0 Å². The van der Waals surface area contributed by atoms with Gasteiger partial charge in [0, 0.05) is 24.2 Å². The Bertz CT molecular complexity index is 315. The van der Waals surface area contributed by atoms with Crippen LogP contribution in [0.15, 0.2) is 18.2 Å². The predicted octanol–water partition coefficient (Wildman–Crippen LogP) is -0.996. The molecule has 0 N–H and O–H groups in total. The van der Waals surface area contributed by atoms with Crippen LogP contribution in [0.4, 0.5) is 0 Å². The zero-order valence-electron chi connectivity index (χ0n) is 10.9. The van der Waals surface area contributed by atoms with Crippen LogP contribution in [0.3, 0.4) is 0 Å². The second kappa shape index (κ2) is 8.29. The highest BCUT2D eigenvalue weighted by Crippen LogP contribution is 2.22. The van der Waals surface area contributed by atoms with Crippen LogP contribution in [-0.2, 0) is 13.1 Å². The third-order valence-corrected chi connectivity index (χ3v) is 3.98. The Hall–Kier alpha value is 0.150. The van der Waals surface area contributed by atoms with Crippen molar-refractivity contribution in [3.63, 3.8) is 0 Å². The average Bonchev–Trinajstić information content (AvgIpc) is 2.16. The zero-order valence-corrected chi connectivity index (χ0v) is 13.5. The Morgan fingerprint density at radius 1 is 1.00 bits per heavy atom. The maximum atomic E-state index is 6.15. The van der Waals surface area contributed by atoms with Gasteiger partial charge in [0.1, 0.15) is 13.2 Å². The summed E-state index contributed by atoms with van der Waals surface area (Å²) < 4.78 is 0. The van der Waals surface area contributed by atoms with Crippen LogP contribution in [-0.4, -0.2) is 38.0 Å². The first kappa shape index (κ1) is 17.2. The molecule has 0 bridgehead atoms. The summed E-state index contributed by atoms with van der Waals surface area (Å²) in [6.45, 7) is 1.94. The van der Waals surface area contributed by atoms with E-state index in [1.54, 1.807) is 0 Å². The SMILES string of the molecule is CN(C)Cc1cccc(CN(C)C)c1[PH2+]Cl.[Cl-]. The second-order valence-corrected chi connectivity index (χ2v) is 6.02. The van der Waals surface area contributed by atoms with E-state index in [-0.39, 0.29) is 20.3 Å². The number of halogens is 2. The van der Waals surface area contributed by atoms with Crippen LogP contribution in [0.25, 0.3) is 0 Å². The predicted molar refractivity (Wildman–Crippen MR) is 76.4 cm³/mol. The lowest BCUT2D eigenvalue weighted by molar-refractivity contribution is -0.00000346. The van der Waals surface area contributed by atoms with E-state index in [1.165, 1.54) is 16.4 Å². The number of rotatable bonds is 5. The van der Waals surface area contributed by atoms with Gasteiger partial charge in [-0.05, 0) is 28.2 Å². The molecule has 0 fully saturated rings. The smallest absolute Gasteiger partial charge is 0.120 e. The van der Waals surface area contributed by atoms with Gasteiger partial charge in [0.2, 0.25) is 0 Å². The zero-order chi connectivity index (χ0) is 12.1. The molecule has 1 aromatic carbocycles. The molecule has 0 aliphatic carbocycles. The first-order valence-corrected chi connectivity index (χ1v) is 7.70. The second-order valence-electron chi connectivity index (χ2n) is 4.57. The molecule has 0 saturated heterocycles. The lowest BCUT2D eigenvalue weighted by atomic mass is 10.1. The first-order chi connectivity index (χ1) is 7.54. The number of hydrogen-bond donors (Lipinski definition) is 0. The van der Waals surface area contributed by atoms with Crippen molar-refractivity contribution >= 4 is 24.5 Å². The Balaban J connectivity index is 0.00000256. The minimum atomic E-state index is -0.144. The quantitative estimate of drug-likeness (QED) is 0.643. The molecule has 1 aromatic rings. The molecule has 1 unspecified atom stereocenters. The highest BCUT2D eigenvalue weighted by molar-refractivity contribution is 7.75. The minimum absolute atomic E-state index is 0. The largest absolute Gasteiger partial charge is 1.00 e. The van der Waals surface area contributed by atoms with E-state index in [1.807, 2.05) is 0 Å². The van der Waals surface area contributed by atoms with Gasteiger partial charge in [0.05, 0.1) is 11.2 Å². The summed E-state index contributed by atoms with van der Waals surface area (Å²) >= 11 is 6.15. The van der Waals surface area contributed by atoms with Gasteiger partial charge in [-0.15, -0.1) is 0 Å². The molecule has 1 rings (SSSR count). The molecular weight excluding hydrogens is 274 g/mol. The van der Waals surface area contributed by atoms with Gasteiger partial charge in [0.25, 0.3) is 0 Å². The molecule has 0 spiro atoms. The molecule has 0 aromatic heterocycles. The Morgan fingerprint density at radius 3 is 1.71 bits per heavy atom. The van der Waals surface area contributed by atoms with E-state index in [0.29, 0.717) is 0 Å². The highest BCUT2D eigenvalue weighted by atomic mass is 35.7. The van der Waals surface area contributed by atoms with Gasteiger partial charge in [-0.3, -0.25) is 0 Å². The van der Waals surface area contributed by atoms with E-state index >= 15 is 0 Å². The Labute approximate surface area is 117 Å². The fraction of sp³-hybridized carbons (Fsp3) is 0.500. The van der Waals surface area contributed by atoms with Crippen LogP contribution in [0, 0.1) is 0 Å². The molecule has 0 radical (unpaired) electrons. The van der Waals surface area contributed by atoms with E-state index < -0.39 is 0 Å². The van der Waals surface area contributed by atoms with E-state index in [2.05, 4.69) is 56.2 Å². The average molecular weight is 295 g/mol. The maximum absolute atomic E-state index is 6.15. The molecular formula is C12H21Cl2N2P. The van der Waals surface area contributed by atoms with Crippen molar-refractivity contribution in [3.8, 4) is 0 Å². The van der Waals surface area contributed by atoms with Crippen molar-refractivity contribution in [1.82, 2.24) is 9.80 Å². The standard InChI is InChI=1S/C12H20ClN2P.ClH/c1-14(2)8-10-6-5-7-11(9-15(3)4)12(10)16-13;/h5-7,16H,8-9H2,1-4H3;1H. The number of hydrogen-bond acceptors (Lipinski definition) is 2. The van der Waals surface area contributed by atoms with Gasteiger partial charge in [-0.25, -0.2) is 0 Å². The number of benzene rings is 1. The number of nitrogens with zero attached hydrogens (tertiary/aromatic N) is 2. The summed E-state index contributed by atoms with van der Waals surface area (Å²) in [5.74, 6) is 0. The molecule has 0 saturated carbocycles. The molecule has 0 amide bonds. The van der Waals surface area contributed by atoms with Crippen LogP contribution in [0.1, 0.15) is 11.1 Å². The molecule has 5 heteroatoms. The monoisotopic (exact) mass is 294 g/mol. The molecule has 0 aliphatic rings. The summed E-state index contributed by atoms with van der Waals surface area (Å²) in [7, 11) is 8.21. The molecule has 98 valence electrons. The van der Waals surface area contributed by atoms with Crippen molar-refractivity contribution in [3.05, 3.63) is 29.3 Å². The molecule has 2 nitrogen and oxygen atoms in total. The fourth-order valence-electron chi connectivity index (χ4n) is 1.76. The summed E-state index contributed by atoms with van der Waals surface area (Å²) in [6, 6.07) is 6.50. The van der Waals surface area contributed by atoms with Crippen LogP contribution in [0.2, 0.25) is 0 Å². The molecule has 0 heterocycles. The Kier molecular flexibility index (Phi) is 8.36. The van der Waals surface area contributed by atoms with Gasteiger partial charge >= 0.3 is 0 Å². The van der Waals surface area contributed by atoms with Crippen molar-refractivity contribution in [2.24, 2.45) is 0 Å². The fourth-order valence-corrected chi connectivity index (χ4v) is 3.26. The van der Waals surface area contributed by atoms with Gasteiger partial charge in [-0.2, -0.15) is 0 Å². The molecule has 17 heavy (non-hydrogen) atoms. The van der Waals surface area contributed by atoms with Gasteiger partial charge in [0.15, 0.2) is 0 Å². The lowest BCUT2D eigenvalue weighted by Crippen LogP contribution is -3.00. The molecule has 1 atom stereocenters. The topological polar surface area (TPSA) is 6.48 Å². The van der Waals surface area contributed by atoms with Crippen molar-refractivity contribution in [2.75, 3.05) is 28.2 Å². The first-order valence-electron chi connectivity index (χ1n) is 5.38. The van der Waals surface area contributed by atoms with Crippen molar-refractivity contribution in [2.45, 2.75) is 13.1 Å².